The molecule has 0 aliphatic heterocycles. The highest BCUT2D eigenvalue weighted by molar-refractivity contribution is 9.10. The van der Waals surface area contributed by atoms with Gasteiger partial charge in [0.25, 0.3) is 0 Å². The van der Waals surface area contributed by atoms with E-state index in [0.717, 1.165) is 6.54 Å². The van der Waals surface area contributed by atoms with Crippen molar-refractivity contribution < 1.29 is 4.79 Å². The Morgan fingerprint density at radius 2 is 1.60 bits per heavy atom. The summed E-state index contributed by atoms with van der Waals surface area (Å²) in [5.41, 5.74) is 0. The monoisotopic (exact) mass is 277 g/mol. The lowest BCUT2D eigenvalue weighted by atomic mass is 9.85. The van der Waals surface area contributed by atoms with Gasteiger partial charge in [0, 0.05) is 6.54 Å². The van der Waals surface area contributed by atoms with E-state index in [9.17, 15) is 4.79 Å². The van der Waals surface area contributed by atoms with Crippen molar-refractivity contribution in [2.45, 2.75) is 45.9 Å². The summed E-state index contributed by atoms with van der Waals surface area (Å²) in [6.45, 7) is 13.3. The van der Waals surface area contributed by atoms with Crippen LogP contribution in [0.5, 0.6) is 0 Å². The molecule has 0 spiro atoms. The molecule has 15 heavy (non-hydrogen) atoms. The predicted octanol–water partition coefficient (Wildman–Crippen LogP) is 3.20. The Morgan fingerprint density at radius 1 is 1.20 bits per heavy atom. The van der Waals surface area contributed by atoms with Crippen molar-refractivity contribution in [1.29, 1.82) is 0 Å². The van der Waals surface area contributed by atoms with Crippen molar-refractivity contribution in [3.63, 3.8) is 0 Å². The number of alkyl halides is 1. The van der Waals surface area contributed by atoms with Gasteiger partial charge in [0.2, 0.25) is 5.91 Å². The van der Waals surface area contributed by atoms with Crippen LogP contribution in [0.3, 0.4) is 0 Å². The molecule has 0 bridgehead atoms. The van der Waals surface area contributed by atoms with Gasteiger partial charge in [-0.3, -0.25) is 4.79 Å². The minimum Gasteiger partial charge on any atom is -0.355 e. The maximum absolute atomic E-state index is 11.7. The van der Waals surface area contributed by atoms with Gasteiger partial charge in [-0.2, -0.15) is 0 Å². The molecule has 1 N–H and O–H groups in total. The van der Waals surface area contributed by atoms with Crippen LogP contribution in [0.4, 0.5) is 0 Å². The molecule has 0 atom stereocenters. The lowest BCUT2D eigenvalue weighted by Gasteiger charge is -2.26. The number of nitrogens with one attached hydrogen (secondary N) is 1. The van der Waals surface area contributed by atoms with Gasteiger partial charge in [-0.1, -0.05) is 43.6 Å². The Morgan fingerprint density at radius 3 is 1.87 bits per heavy atom. The molecule has 0 aromatic heterocycles. The molecule has 0 aliphatic carbocycles. The highest BCUT2D eigenvalue weighted by atomic mass is 79.9. The Hall–Kier alpha value is -0.0500. The number of carbonyl (C=O) groups excluding carboxylic acids is 1. The molecular weight excluding hydrogens is 254 g/mol. The highest BCUT2D eigenvalue weighted by Crippen LogP contribution is 2.20. The summed E-state index contributed by atoms with van der Waals surface area (Å²) in [5.74, 6) is 1.81. The first-order valence-electron chi connectivity index (χ1n) is 5.63. The molecule has 0 aromatic carbocycles. The molecule has 0 radical (unpaired) electrons. The first-order chi connectivity index (χ1) is 6.66. The SMILES string of the molecule is CC(C)C(CNC(=O)C(C)(C)Br)C(C)C. The van der Waals surface area contributed by atoms with E-state index in [1.165, 1.54) is 0 Å². The summed E-state index contributed by atoms with van der Waals surface area (Å²) in [7, 11) is 0. The average Bonchev–Trinajstić information content (AvgIpc) is 2.00. The van der Waals surface area contributed by atoms with E-state index in [-0.39, 0.29) is 5.91 Å². The fourth-order valence-electron chi connectivity index (χ4n) is 1.66. The second-order valence-corrected chi connectivity index (χ2v) is 7.32. The van der Waals surface area contributed by atoms with E-state index in [4.69, 9.17) is 0 Å². The summed E-state index contributed by atoms with van der Waals surface area (Å²) in [6, 6.07) is 0. The Kier molecular flexibility index (Phi) is 5.86. The molecular formula is C12H24BrNO. The Balaban J connectivity index is 4.18. The van der Waals surface area contributed by atoms with Crippen molar-refractivity contribution in [2.24, 2.45) is 17.8 Å². The van der Waals surface area contributed by atoms with Crippen molar-refractivity contribution in [1.82, 2.24) is 5.32 Å². The first kappa shape index (κ1) is 14.9. The lowest BCUT2D eigenvalue weighted by Crippen LogP contribution is -2.41. The van der Waals surface area contributed by atoms with Gasteiger partial charge in [-0.25, -0.2) is 0 Å². The third kappa shape index (κ3) is 5.55. The van der Waals surface area contributed by atoms with Gasteiger partial charge < -0.3 is 5.32 Å². The van der Waals surface area contributed by atoms with Crippen molar-refractivity contribution in [3.8, 4) is 0 Å². The number of amides is 1. The fraction of sp³-hybridized carbons (Fsp3) is 0.917. The van der Waals surface area contributed by atoms with E-state index in [1.807, 2.05) is 13.8 Å². The van der Waals surface area contributed by atoms with E-state index in [2.05, 4.69) is 48.9 Å². The van der Waals surface area contributed by atoms with Crippen LogP contribution in [0.1, 0.15) is 41.5 Å². The second-order valence-electron chi connectivity index (χ2n) is 5.33. The first-order valence-corrected chi connectivity index (χ1v) is 6.42. The highest BCUT2D eigenvalue weighted by Gasteiger charge is 2.25. The van der Waals surface area contributed by atoms with Gasteiger partial charge in [-0.05, 0) is 31.6 Å². The third-order valence-electron chi connectivity index (χ3n) is 2.75. The zero-order valence-corrected chi connectivity index (χ0v) is 12.3. The van der Waals surface area contributed by atoms with Crippen molar-refractivity contribution >= 4 is 21.8 Å². The fourth-order valence-corrected chi connectivity index (χ4v) is 1.80. The van der Waals surface area contributed by atoms with Gasteiger partial charge in [0.05, 0.1) is 4.32 Å². The summed E-state index contributed by atoms with van der Waals surface area (Å²) in [4.78, 5) is 11.7. The number of halogens is 1. The van der Waals surface area contributed by atoms with Crippen molar-refractivity contribution in [2.75, 3.05) is 6.54 Å². The minimum atomic E-state index is -0.467. The zero-order chi connectivity index (χ0) is 12.2. The van der Waals surface area contributed by atoms with Crippen molar-refractivity contribution in [3.05, 3.63) is 0 Å². The van der Waals surface area contributed by atoms with Gasteiger partial charge >= 0.3 is 0 Å². The summed E-state index contributed by atoms with van der Waals surface area (Å²) in [5, 5.41) is 3.00. The maximum Gasteiger partial charge on any atom is 0.236 e. The molecule has 0 unspecified atom stereocenters. The van der Waals surface area contributed by atoms with E-state index in [1.54, 1.807) is 0 Å². The van der Waals surface area contributed by atoms with Crippen LogP contribution in [-0.2, 0) is 4.79 Å². The number of rotatable bonds is 5. The third-order valence-corrected chi connectivity index (χ3v) is 3.11. The van der Waals surface area contributed by atoms with Crippen LogP contribution < -0.4 is 5.32 Å². The zero-order valence-electron chi connectivity index (χ0n) is 10.7. The molecule has 90 valence electrons. The molecule has 1 amide bonds. The molecule has 2 nitrogen and oxygen atoms in total. The lowest BCUT2D eigenvalue weighted by molar-refractivity contribution is -0.122. The molecule has 0 saturated heterocycles. The van der Waals surface area contributed by atoms with E-state index >= 15 is 0 Å². The van der Waals surface area contributed by atoms with Gasteiger partial charge in [0.15, 0.2) is 0 Å². The number of hydrogen-bond acceptors (Lipinski definition) is 1. The van der Waals surface area contributed by atoms with Gasteiger partial charge in [0.1, 0.15) is 0 Å². The van der Waals surface area contributed by atoms with Gasteiger partial charge in [-0.15, -0.1) is 0 Å². The largest absolute Gasteiger partial charge is 0.355 e. The molecule has 0 saturated carbocycles. The number of hydrogen-bond donors (Lipinski definition) is 1. The topological polar surface area (TPSA) is 29.1 Å². The average molecular weight is 278 g/mol. The summed E-state index contributed by atoms with van der Waals surface area (Å²) >= 11 is 3.36. The quantitative estimate of drug-likeness (QED) is 0.769. The second kappa shape index (κ2) is 5.88. The Bertz CT molecular complexity index is 198. The smallest absolute Gasteiger partial charge is 0.236 e. The molecule has 3 heteroatoms. The van der Waals surface area contributed by atoms with Crippen LogP contribution in [0.15, 0.2) is 0 Å². The maximum atomic E-state index is 11.7. The van der Waals surface area contributed by atoms with Crippen LogP contribution in [0.25, 0.3) is 0 Å². The summed E-state index contributed by atoms with van der Waals surface area (Å²) in [6.07, 6.45) is 0. The van der Waals surface area contributed by atoms with Crippen LogP contribution in [-0.4, -0.2) is 16.8 Å². The van der Waals surface area contributed by atoms with E-state index in [0.29, 0.717) is 17.8 Å². The molecule has 0 fully saturated rings. The van der Waals surface area contributed by atoms with Crippen LogP contribution >= 0.6 is 15.9 Å². The standard InChI is InChI=1S/C12H24BrNO/c1-8(2)10(9(3)4)7-14-11(15)12(5,6)13/h8-10H,7H2,1-6H3,(H,14,15). The molecule has 0 aliphatic rings. The molecule has 0 aromatic rings. The van der Waals surface area contributed by atoms with Crippen LogP contribution in [0, 0.1) is 17.8 Å². The minimum absolute atomic E-state index is 0.0637. The Labute approximate surface area is 102 Å². The predicted molar refractivity (Wildman–Crippen MR) is 69.2 cm³/mol. The number of carbonyl (C=O) groups is 1. The normalized spacial score (nSPS) is 12.7. The molecule has 0 rings (SSSR count). The molecule has 0 heterocycles. The van der Waals surface area contributed by atoms with Crippen LogP contribution in [0.2, 0.25) is 0 Å². The van der Waals surface area contributed by atoms with E-state index < -0.39 is 4.32 Å². The summed E-state index contributed by atoms with van der Waals surface area (Å²) < 4.78 is -0.467.